The van der Waals surface area contributed by atoms with Crippen LogP contribution in [-0.4, -0.2) is 60.5 Å². The average Bonchev–Trinajstić information content (AvgIpc) is 3.09. The Morgan fingerprint density at radius 3 is 2.39 bits per heavy atom. The van der Waals surface area contributed by atoms with Gasteiger partial charge in [0.25, 0.3) is 0 Å². The fourth-order valence-corrected chi connectivity index (χ4v) is 3.82. The maximum Gasteiger partial charge on any atom is 0.240 e. The first kappa shape index (κ1) is 12.4. The molecule has 1 saturated carbocycles. The van der Waals surface area contributed by atoms with Crippen LogP contribution in [0.4, 0.5) is 0 Å². The van der Waals surface area contributed by atoms with Gasteiger partial charge in [-0.25, -0.2) is 0 Å². The molecule has 2 heterocycles. The number of carbonyl (C=O) groups is 1. The van der Waals surface area contributed by atoms with Gasteiger partial charge in [-0.1, -0.05) is 12.8 Å². The van der Waals surface area contributed by atoms with E-state index in [-0.39, 0.29) is 6.04 Å². The Morgan fingerprint density at radius 1 is 0.944 bits per heavy atom. The number of nitrogens with zero attached hydrogens (tertiary/aromatic N) is 2. The second kappa shape index (κ2) is 5.57. The van der Waals surface area contributed by atoms with Crippen molar-refractivity contribution in [2.75, 3.05) is 32.7 Å². The van der Waals surface area contributed by atoms with Crippen molar-refractivity contribution in [3.05, 3.63) is 0 Å². The zero-order valence-electron chi connectivity index (χ0n) is 11.2. The molecule has 102 valence electrons. The Hall–Kier alpha value is -0.610. The summed E-state index contributed by atoms with van der Waals surface area (Å²) < 4.78 is 0. The maximum atomic E-state index is 12.6. The molecule has 0 aromatic heterocycles. The van der Waals surface area contributed by atoms with Crippen molar-refractivity contribution >= 4 is 5.91 Å². The Morgan fingerprint density at radius 2 is 1.67 bits per heavy atom. The van der Waals surface area contributed by atoms with Crippen molar-refractivity contribution in [1.82, 2.24) is 15.1 Å². The highest BCUT2D eigenvalue weighted by Gasteiger charge is 2.38. The number of amides is 1. The van der Waals surface area contributed by atoms with E-state index >= 15 is 0 Å². The van der Waals surface area contributed by atoms with Gasteiger partial charge in [-0.05, 0) is 32.2 Å². The standard InChI is InChI=1S/C14H25N3O/c18-14(16-10-7-15-8-11-16)13-6-3-9-17(13)12-4-1-2-5-12/h12-13,15H,1-11H2. The molecule has 0 aromatic carbocycles. The number of nitrogens with one attached hydrogen (secondary N) is 1. The molecule has 4 heteroatoms. The van der Waals surface area contributed by atoms with Crippen LogP contribution >= 0.6 is 0 Å². The van der Waals surface area contributed by atoms with Crippen LogP contribution in [0.1, 0.15) is 38.5 Å². The molecule has 0 aromatic rings. The predicted molar refractivity (Wildman–Crippen MR) is 71.4 cm³/mol. The quantitative estimate of drug-likeness (QED) is 0.789. The van der Waals surface area contributed by atoms with Gasteiger partial charge in [0, 0.05) is 32.2 Å². The zero-order chi connectivity index (χ0) is 12.4. The van der Waals surface area contributed by atoms with E-state index in [9.17, 15) is 4.79 Å². The van der Waals surface area contributed by atoms with Crippen LogP contribution in [0.5, 0.6) is 0 Å². The van der Waals surface area contributed by atoms with Crippen molar-refractivity contribution in [3.63, 3.8) is 0 Å². The van der Waals surface area contributed by atoms with Gasteiger partial charge in [-0.3, -0.25) is 9.69 Å². The molecular weight excluding hydrogens is 226 g/mol. The summed E-state index contributed by atoms with van der Waals surface area (Å²) >= 11 is 0. The Kier molecular flexibility index (Phi) is 3.85. The molecule has 3 fully saturated rings. The van der Waals surface area contributed by atoms with Gasteiger partial charge in [0.05, 0.1) is 6.04 Å². The van der Waals surface area contributed by atoms with E-state index < -0.39 is 0 Å². The van der Waals surface area contributed by atoms with Crippen LogP contribution in [0.2, 0.25) is 0 Å². The van der Waals surface area contributed by atoms with Crippen LogP contribution in [0.15, 0.2) is 0 Å². The van der Waals surface area contributed by atoms with Gasteiger partial charge in [-0.15, -0.1) is 0 Å². The van der Waals surface area contributed by atoms with E-state index in [1.165, 1.54) is 32.1 Å². The molecule has 0 bridgehead atoms. The van der Waals surface area contributed by atoms with Crippen molar-refractivity contribution in [1.29, 1.82) is 0 Å². The predicted octanol–water partition coefficient (Wildman–Crippen LogP) is 0.825. The molecule has 4 nitrogen and oxygen atoms in total. The van der Waals surface area contributed by atoms with Crippen LogP contribution < -0.4 is 5.32 Å². The molecule has 18 heavy (non-hydrogen) atoms. The summed E-state index contributed by atoms with van der Waals surface area (Å²) in [5, 5.41) is 3.32. The molecule has 2 saturated heterocycles. The third-order valence-electron chi connectivity index (χ3n) is 4.80. The van der Waals surface area contributed by atoms with Crippen LogP contribution in [-0.2, 0) is 4.79 Å². The Bertz CT molecular complexity index is 295. The lowest BCUT2D eigenvalue weighted by Gasteiger charge is -2.35. The fraction of sp³-hybridized carbons (Fsp3) is 0.929. The Labute approximate surface area is 110 Å². The van der Waals surface area contributed by atoms with Crippen molar-refractivity contribution in [2.45, 2.75) is 50.6 Å². The fourth-order valence-electron chi connectivity index (χ4n) is 3.82. The number of likely N-dealkylation sites (tertiary alicyclic amines) is 1. The molecule has 3 rings (SSSR count). The highest BCUT2D eigenvalue weighted by Crippen LogP contribution is 2.30. The molecular formula is C14H25N3O. The van der Waals surface area contributed by atoms with E-state index in [1.54, 1.807) is 0 Å². The molecule has 1 N–H and O–H groups in total. The average molecular weight is 251 g/mol. The lowest BCUT2D eigenvalue weighted by atomic mass is 10.1. The summed E-state index contributed by atoms with van der Waals surface area (Å²) in [6.07, 6.45) is 7.63. The smallest absolute Gasteiger partial charge is 0.240 e. The van der Waals surface area contributed by atoms with Gasteiger partial charge in [0.15, 0.2) is 0 Å². The number of rotatable bonds is 2. The van der Waals surface area contributed by atoms with E-state index in [0.717, 1.165) is 39.1 Å². The molecule has 1 aliphatic carbocycles. The SMILES string of the molecule is O=C(C1CCCN1C1CCCC1)N1CCNCC1. The van der Waals surface area contributed by atoms with Gasteiger partial charge in [-0.2, -0.15) is 0 Å². The maximum absolute atomic E-state index is 12.6. The van der Waals surface area contributed by atoms with Crippen LogP contribution in [0.3, 0.4) is 0 Å². The molecule has 3 aliphatic rings. The minimum absolute atomic E-state index is 0.200. The van der Waals surface area contributed by atoms with E-state index in [4.69, 9.17) is 0 Å². The van der Waals surface area contributed by atoms with Crippen molar-refractivity contribution < 1.29 is 4.79 Å². The van der Waals surface area contributed by atoms with E-state index in [0.29, 0.717) is 11.9 Å². The first-order valence-corrected chi connectivity index (χ1v) is 7.61. The molecule has 0 radical (unpaired) electrons. The summed E-state index contributed by atoms with van der Waals surface area (Å²) in [5.74, 6) is 0.404. The van der Waals surface area contributed by atoms with Gasteiger partial charge >= 0.3 is 0 Å². The summed E-state index contributed by atoms with van der Waals surface area (Å²) in [6.45, 7) is 4.86. The largest absolute Gasteiger partial charge is 0.339 e. The third kappa shape index (κ3) is 2.41. The van der Waals surface area contributed by atoms with Gasteiger partial charge < -0.3 is 10.2 Å². The molecule has 2 aliphatic heterocycles. The summed E-state index contributed by atoms with van der Waals surface area (Å²) in [6, 6.07) is 0.899. The zero-order valence-corrected chi connectivity index (χ0v) is 11.2. The number of piperazine rings is 1. The first-order chi connectivity index (χ1) is 8.86. The second-order valence-electron chi connectivity index (χ2n) is 5.91. The van der Waals surface area contributed by atoms with Gasteiger partial charge in [0.2, 0.25) is 5.91 Å². The van der Waals surface area contributed by atoms with Crippen molar-refractivity contribution in [3.8, 4) is 0 Å². The third-order valence-corrected chi connectivity index (χ3v) is 4.80. The minimum atomic E-state index is 0.200. The lowest BCUT2D eigenvalue weighted by Crippen LogP contribution is -2.53. The molecule has 0 spiro atoms. The van der Waals surface area contributed by atoms with E-state index in [1.807, 2.05) is 0 Å². The lowest BCUT2D eigenvalue weighted by molar-refractivity contribution is -0.137. The summed E-state index contributed by atoms with van der Waals surface area (Å²) in [5.41, 5.74) is 0. The highest BCUT2D eigenvalue weighted by atomic mass is 16.2. The monoisotopic (exact) mass is 251 g/mol. The summed E-state index contributed by atoms with van der Waals surface area (Å²) in [4.78, 5) is 17.2. The summed E-state index contributed by atoms with van der Waals surface area (Å²) in [7, 11) is 0. The van der Waals surface area contributed by atoms with Crippen LogP contribution in [0, 0.1) is 0 Å². The minimum Gasteiger partial charge on any atom is -0.339 e. The molecule has 1 amide bonds. The van der Waals surface area contributed by atoms with Crippen molar-refractivity contribution in [2.24, 2.45) is 0 Å². The second-order valence-corrected chi connectivity index (χ2v) is 5.91. The first-order valence-electron chi connectivity index (χ1n) is 7.61. The number of hydrogen-bond donors (Lipinski definition) is 1. The number of carbonyl (C=O) groups excluding carboxylic acids is 1. The molecule has 1 atom stereocenters. The molecule has 1 unspecified atom stereocenters. The Balaban J connectivity index is 1.63. The highest BCUT2D eigenvalue weighted by molar-refractivity contribution is 5.82. The van der Waals surface area contributed by atoms with Gasteiger partial charge in [0.1, 0.15) is 0 Å². The topological polar surface area (TPSA) is 35.6 Å². The van der Waals surface area contributed by atoms with Crippen LogP contribution in [0.25, 0.3) is 0 Å². The number of hydrogen-bond acceptors (Lipinski definition) is 3. The normalized spacial score (nSPS) is 31.1. The van der Waals surface area contributed by atoms with E-state index in [2.05, 4.69) is 15.1 Å².